The maximum absolute atomic E-state index is 11.4. The first-order valence-corrected chi connectivity index (χ1v) is 8.40. The molecular formula is C14H20BrNO3S. The number of methoxy groups -OCH3 is 1. The Balaban J connectivity index is 2.32. The van der Waals surface area contributed by atoms with E-state index in [1.807, 2.05) is 17.8 Å². The van der Waals surface area contributed by atoms with Crippen molar-refractivity contribution < 1.29 is 14.6 Å². The van der Waals surface area contributed by atoms with E-state index in [-0.39, 0.29) is 12.6 Å². The molecule has 1 aromatic carbocycles. The van der Waals surface area contributed by atoms with E-state index < -0.39 is 0 Å². The van der Waals surface area contributed by atoms with Crippen molar-refractivity contribution in [3.05, 3.63) is 33.8 Å². The molecule has 6 heteroatoms. The Kier molecular flexibility index (Phi) is 8.93. The molecule has 0 heterocycles. The van der Waals surface area contributed by atoms with Crippen molar-refractivity contribution in [3.63, 3.8) is 0 Å². The summed E-state index contributed by atoms with van der Waals surface area (Å²) < 4.78 is 5.58. The second-order valence-corrected chi connectivity index (χ2v) is 6.24. The number of carbonyl (C=O) groups excluding carboxylic acids is 1. The fourth-order valence-corrected chi connectivity index (χ4v) is 2.92. The smallest absolute Gasteiger partial charge is 0.337 e. The molecule has 0 atom stereocenters. The summed E-state index contributed by atoms with van der Waals surface area (Å²) in [6.45, 7) is 1.93. The van der Waals surface area contributed by atoms with Gasteiger partial charge in [0, 0.05) is 29.9 Å². The van der Waals surface area contributed by atoms with Gasteiger partial charge in [-0.1, -0.05) is 22.0 Å². The van der Waals surface area contributed by atoms with Crippen LogP contribution in [0.3, 0.4) is 0 Å². The lowest BCUT2D eigenvalue weighted by Gasteiger charge is -2.08. The van der Waals surface area contributed by atoms with Crippen LogP contribution in [0.15, 0.2) is 22.7 Å². The van der Waals surface area contributed by atoms with Crippen LogP contribution in [-0.2, 0) is 11.3 Å². The fourth-order valence-electron chi connectivity index (χ4n) is 1.57. The molecule has 0 spiro atoms. The molecule has 2 N–H and O–H groups in total. The highest BCUT2D eigenvalue weighted by molar-refractivity contribution is 9.10. The highest BCUT2D eigenvalue weighted by Gasteiger charge is 2.08. The zero-order valence-electron chi connectivity index (χ0n) is 11.5. The van der Waals surface area contributed by atoms with Crippen LogP contribution in [-0.4, -0.2) is 42.8 Å². The van der Waals surface area contributed by atoms with Crippen molar-refractivity contribution >= 4 is 33.7 Å². The first kappa shape index (κ1) is 17.5. The Hall–Kier alpha value is -0.560. The molecule has 112 valence electrons. The van der Waals surface area contributed by atoms with E-state index in [1.54, 1.807) is 12.1 Å². The summed E-state index contributed by atoms with van der Waals surface area (Å²) in [7, 11) is 1.38. The lowest BCUT2D eigenvalue weighted by molar-refractivity contribution is 0.0600. The molecule has 1 rings (SSSR count). The van der Waals surface area contributed by atoms with E-state index >= 15 is 0 Å². The Morgan fingerprint density at radius 2 is 2.25 bits per heavy atom. The molecule has 0 aliphatic carbocycles. The SMILES string of the molecule is COC(=O)c1ccc(CNCCSCCCO)c(Br)c1. The minimum absolute atomic E-state index is 0.264. The van der Waals surface area contributed by atoms with Crippen LogP contribution < -0.4 is 5.32 Å². The van der Waals surface area contributed by atoms with Crippen LogP contribution in [0.4, 0.5) is 0 Å². The van der Waals surface area contributed by atoms with Crippen LogP contribution in [0.25, 0.3) is 0 Å². The maximum atomic E-state index is 11.4. The van der Waals surface area contributed by atoms with Gasteiger partial charge in [0.25, 0.3) is 0 Å². The van der Waals surface area contributed by atoms with Gasteiger partial charge in [0.15, 0.2) is 0 Å². The first-order valence-electron chi connectivity index (χ1n) is 6.45. The first-order chi connectivity index (χ1) is 9.69. The fraction of sp³-hybridized carbons (Fsp3) is 0.500. The second-order valence-electron chi connectivity index (χ2n) is 4.16. The molecule has 0 bridgehead atoms. The zero-order chi connectivity index (χ0) is 14.8. The molecule has 0 saturated carbocycles. The third kappa shape index (κ3) is 6.26. The van der Waals surface area contributed by atoms with Gasteiger partial charge in [-0.25, -0.2) is 4.79 Å². The number of rotatable bonds is 9. The Bertz CT molecular complexity index is 429. The molecule has 0 aliphatic rings. The topological polar surface area (TPSA) is 58.6 Å². The summed E-state index contributed by atoms with van der Waals surface area (Å²) in [5.74, 6) is 1.69. The van der Waals surface area contributed by atoms with Gasteiger partial charge in [-0.15, -0.1) is 0 Å². The predicted molar refractivity (Wildman–Crippen MR) is 86.2 cm³/mol. The van der Waals surface area contributed by atoms with E-state index in [1.165, 1.54) is 7.11 Å². The number of hydrogen-bond acceptors (Lipinski definition) is 5. The van der Waals surface area contributed by atoms with Gasteiger partial charge in [0.1, 0.15) is 0 Å². The van der Waals surface area contributed by atoms with Crippen LogP contribution in [0.5, 0.6) is 0 Å². The van der Waals surface area contributed by atoms with Gasteiger partial charge < -0.3 is 15.2 Å². The Morgan fingerprint density at radius 3 is 2.90 bits per heavy atom. The molecule has 4 nitrogen and oxygen atoms in total. The molecule has 20 heavy (non-hydrogen) atoms. The molecule has 0 unspecified atom stereocenters. The molecule has 0 radical (unpaired) electrons. The lowest BCUT2D eigenvalue weighted by atomic mass is 10.1. The largest absolute Gasteiger partial charge is 0.465 e. The molecule has 1 aromatic rings. The Labute approximate surface area is 132 Å². The van der Waals surface area contributed by atoms with Gasteiger partial charge in [-0.3, -0.25) is 0 Å². The number of aliphatic hydroxyl groups excluding tert-OH is 1. The number of benzene rings is 1. The van der Waals surface area contributed by atoms with Crippen LogP contribution in [0.2, 0.25) is 0 Å². The van der Waals surface area contributed by atoms with Gasteiger partial charge in [-0.2, -0.15) is 11.8 Å². The minimum Gasteiger partial charge on any atom is -0.465 e. The summed E-state index contributed by atoms with van der Waals surface area (Å²) in [5.41, 5.74) is 1.65. The summed E-state index contributed by atoms with van der Waals surface area (Å²) in [5, 5.41) is 12.0. The zero-order valence-corrected chi connectivity index (χ0v) is 13.9. The average Bonchev–Trinajstić information content (AvgIpc) is 2.46. The van der Waals surface area contributed by atoms with Gasteiger partial charge in [-0.05, 0) is 29.9 Å². The highest BCUT2D eigenvalue weighted by atomic mass is 79.9. The number of aliphatic hydroxyl groups is 1. The molecule has 0 amide bonds. The molecule has 0 fully saturated rings. The highest BCUT2D eigenvalue weighted by Crippen LogP contribution is 2.19. The number of carbonyl (C=O) groups is 1. The van der Waals surface area contributed by atoms with E-state index in [0.717, 1.165) is 41.1 Å². The number of esters is 1. The maximum Gasteiger partial charge on any atom is 0.337 e. The van der Waals surface area contributed by atoms with Crippen molar-refractivity contribution in [1.29, 1.82) is 0 Å². The molecular weight excluding hydrogens is 342 g/mol. The second kappa shape index (κ2) is 10.2. The summed E-state index contributed by atoms with van der Waals surface area (Å²) in [6, 6.07) is 5.46. The summed E-state index contributed by atoms with van der Waals surface area (Å²) >= 11 is 5.30. The van der Waals surface area contributed by atoms with Crippen LogP contribution >= 0.6 is 27.7 Å². The third-order valence-corrected chi connectivity index (χ3v) is 4.47. The molecule has 0 saturated heterocycles. The van der Waals surface area contributed by atoms with Crippen LogP contribution in [0.1, 0.15) is 22.3 Å². The average molecular weight is 362 g/mol. The number of ether oxygens (including phenoxy) is 1. The van der Waals surface area contributed by atoms with Gasteiger partial charge in [0.05, 0.1) is 12.7 Å². The monoisotopic (exact) mass is 361 g/mol. The van der Waals surface area contributed by atoms with Crippen molar-refractivity contribution in [3.8, 4) is 0 Å². The number of halogens is 1. The van der Waals surface area contributed by atoms with Crippen LogP contribution in [0, 0.1) is 0 Å². The Morgan fingerprint density at radius 1 is 1.45 bits per heavy atom. The van der Waals surface area contributed by atoms with E-state index in [9.17, 15) is 4.79 Å². The lowest BCUT2D eigenvalue weighted by Crippen LogP contribution is -2.17. The van der Waals surface area contributed by atoms with Crippen molar-refractivity contribution in [2.75, 3.05) is 31.8 Å². The normalized spacial score (nSPS) is 10.6. The van der Waals surface area contributed by atoms with Crippen molar-refractivity contribution in [1.82, 2.24) is 5.32 Å². The summed E-state index contributed by atoms with van der Waals surface area (Å²) in [6.07, 6.45) is 0.852. The standard InChI is InChI=1S/C14H20BrNO3S/c1-19-14(18)11-3-4-12(13(15)9-11)10-16-5-8-20-7-2-6-17/h3-4,9,16-17H,2,5-8,10H2,1H3. The number of nitrogens with one attached hydrogen (secondary N) is 1. The van der Waals surface area contributed by atoms with Crippen molar-refractivity contribution in [2.45, 2.75) is 13.0 Å². The summed E-state index contributed by atoms with van der Waals surface area (Å²) in [4.78, 5) is 11.4. The number of thioether (sulfide) groups is 1. The molecule has 0 aliphatic heterocycles. The van der Waals surface area contributed by atoms with E-state index in [2.05, 4.69) is 26.0 Å². The quantitative estimate of drug-likeness (QED) is 0.522. The van der Waals surface area contributed by atoms with E-state index in [0.29, 0.717) is 5.56 Å². The van der Waals surface area contributed by atoms with Crippen molar-refractivity contribution in [2.24, 2.45) is 0 Å². The predicted octanol–water partition coefficient (Wildman–Crippen LogP) is 2.44. The minimum atomic E-state index is -0.328. The van der Waals surface area contributed by atoms with E-state index in [4.69, 9.17) is 5.11 Å². The van der Waals surface area contributed by atoms with Gasteiger partial charge >= 0.3 is 5.97 Å². The van der Waals surface area contributed by atoms with Gasteiger partial charge in [0.2, 0.25) is 0 Å². The third-order valence-electron chi connectivity index (χ3n) is 2.66. The molecule has 0 aromatic heterocycles. The number of hydrogen-bond donors (Lipinski definition) is 2.